The lowest BCUT2D eigenvalue weighted by molar-refractivity contribution is -0.736. The van der Waals surface area contributed by atoms with E-state index >= 15 is 0 Å². The fourth-order valence-electron chi connectivity index (χ4n) is 2.22. The molecule has 1 aliphatic rings. The van der Waals surface area contributed by atoms with Crippen LogP contribution in [0.2, 0.25) is 0 Å². The van der Waals surface area contributed by atoms with E-state index in [0.29, 0.717) is 0 Å². The first-order valence-electron chi connectivity index (χ1n) is 8.20. The molecule has 0 amide bonds. The highest BCUT2D eigenvalue weighted by atomic mass is 16.4. The van der Waals surface area contributed by atoms with E-state index in [0.717, 1.165) is 0 Å². The first-order valence-corrected chi connectivity index (χ1v) is 8.20. The molecule has 1 atom stereocenters. The number of carboxylic acids is 1. The summed E-state index contributed by atoms with van der Waals surface area (Å²) < 4.78 is 0. The quantitative estimate of drug-likeness (QED) is 0.721. The Morgan fingerprint density at radius 3 is 2.43 bits per heavy atom. The average Bonchev–Trinajstić information content (AvgIpc) is 3.05. The Morgan fingerprint density at radius 1 is 1.17 bits per heavy atom. The van der Waals surface area contributed by atoms with E-state index in [1.807, 2.05) is 12.5 Å². The summed E-state index contributed by atoms with van der Waals surface area (Å²) in [6, 6.07) is 5.54. The van der Waals surface area contributed by atoms with Crippen LogP contribution in [0.5, 0.6) is 5.75 Å². The van der Waals surface area contributed by atoms with Crippen molar-refractivity contribution in [2.75, 3.05) is 6.54 Å². The number of nitrogens with zero attached hydrogens (tertiary/aromatic N) is 1. The summed E-state index contributed by atoms with van der Waals surface area (Å²) >= 11 is 0. The smallest absolute Gasteiger partial charge is 0.335 e. The van der Waals surface area contributed by atoms with Gasteiger partial charge >= 0.3 is 5.97 Å². The molecule has 2 rings (SSSR count). The minimum Gasteiger partial charge on any atom is -0.872 e. The molecule has 0 spiro atoms. The van der Waals surface area contributed by atoms with Gasteiger partial charge < -0.3 is 10.2 Å². The second-order valence-electron chi connectivity index (χ2n) is 5.49. The lowest BCUT2D eigenvalue weighted by atomic mass is 10.1. The number of nitrogens with one attached hydrogen (secondary N) is 1. The molecule has 5 nitrogen and oxygen atoms in total. The van der Waals surface area contributed by atoms with E-state index in [9.17, 15) is 9.90 Å². The van der Waals surface area contributed by atoms with Crippen molar-refractivity contribution in [3.8, 4) is 5.75 Å². The van der Waals surface area contributed by atoms with Crippen LogP contribution in [-0.2, 0) is 0 Å². The number of rotatable bonds is 8. The molecule has 1 aliphatic heterocycles. The highest BCUT2D eigenvalue weighted by Crippen LogP contribution is 2.10. The van der Waals surface area contributed by atoms with Crippen molar-refractivity contribution in [2.24, 2.45) is 4.99 Å². The number of quaternary nitrogens is 1. The fraction of sp³-hybridized carbons (Fsp3) is 0.444. The molecular formula is C18H26N2O3. The van der Waals surface area contributed by atoms with Gasteiger partial charge in [0, 0.05) is 0 Å². The van der Waals surface area contributed by atoms with Crippen molar-refractivity contribution < 1.29 is 19.9 Å². The van der Waals surface area contributed by atoms with Gasteiger partial charge in [0.2, 0.25) is 0 Å². The molecule has 23 heavy (non-hydrogen) atoms. The van der Waals surface area contributed by atoms with Crippen molar-refractivity contribution in [1.82, 2.24) is 0 Å². The molecule has 0 saturated heterocycles. The summed E-state index contributed by atoms with van der Waals surface area (Å²) in [5, 5.41) is 19.0. The van der Waals surface area contributed by atoms with Gasteiger partial charge in [0.05, 0.1) is 18.3 Å². The number of carboxylic acid groups (broad SMARTS) is 1. The first-order chi connectivity index (χ1) is 11.1. The minimum absolute atomic E-state index is 0.178. The minimum atomic E-state index is -1.18. The molecule has 1 aromatic rings. The summed E-state index contributed by atoms with van der Waals surface area (Å²) in [5.74, 6) is -1.62. The third-order valence-electron chi connectivity index (χ3n) is 3.55. The lowest BCUT2D eigenvalue weighted by Crippen LogP contribution is -3.05. The van der Waals surface area contributed by atoms with Crippen LogP contribution in [-0.4, -0.2) is 24.0 Å². The molecule has 1 aromatic carbocycles. The average molecular weight is 318 g/mol. The summed E-state index contributed by atoms with van der Waals surface area (Å²) in [7, 11) is 0. The van der Waals surface area contributed by atoms with Gasteiger partial charge in [0.1, 0.15) is 6.20 Å². The van der Waals surface area contributed by atoms with Crippen molar-refractivity contribution in [1.29, 1.82) is 0 Å². The molecule has 1 unspecified atom stereocenters. The van der Waals surface area contributed by atoms with Gasteiger partial charge in [-0.15, -0.1) is 0 Å². The van der Waals surface area contributed by atoms with Gasteiger partial charge in [0.25, 0.3) is 0 Å². The van der Waals surface area contributed by atoms with Crippen LogP contribution in [0.3, 0.4) is 0 Å². The van der Waals surface area contributed by atoms with E-state index in [1.165, 1.54) is 74.2 Å². The summed E-state index contributed by atoms with van der Waals surface area (Å²) in [5.41, 5.74) is -0.178. The molecular weight excluding hydrogens is 292 g/mol. The van der Waals surface area contributed by atoms with Gasteiger partial charge in [0.15, 0.2) is 6.34 Å². The monoisotopic (exact) mass is 318 g/mol. The first kappa shape index (κ1) is 18.9. The number of unbranched alkanes of at least 4 members (excludes halogenated alkanes) is 5. The van der Waals surface area contributed by atoms with Crippen LogP contribution in [0.15, 0.2) is 41.7 Å². The largest absolute Gasteiger partial charge is 0.872 e. The van der Waals surface area contributed by atoms with Gasteiger partial charge in [-0.05, 0) is 18.9 Å². The molecule has 0 aromatic heterocycles. The molecule has 0 saturated carbocycles. The molecule has 0 fully saturated rings. The topological polar surface area (TPSA) is 77.2 Å². The maximum Gasteiger partial charge on any atom is 0.335 e. The van der Waals surface area contributed by atoms with Crippen LogP contribution < -0.4 is 10.0 Å². The fourth-order valence-corrected chi connectivity index (χ4v) is 2.22. The second-order valence-corrected chi connectivity index (χ2v) is 5.49. The maximum atomic E-state index is 10.7. The number of hydrogen-bond acceptors (Lipinski definition) is 3. The zero-order valence-corrected chi connectivity index (χ0v) is 13.7. The molecule has 5 heteroatoms. The Kier molecular flexibility index (Phi) is 9.40. The molecule has 1 heterocycles. The number of carbonyl (C=O) groups is 1. The predicted octanol–water partition coefficient (Wildman–Crippen LogP) is 2.20. The molecule has 126 valence electrons. The zero-order valence-electron chi connectivity index (χ0n) is 13.7. The Morgan fingerprint density at radius 2 is 1.87 bits per heavy atom. The van der Waals surface area contributed by atoms with E-state index < -0.39 is 11.7 Å². The molecule has 0 aliphatic carbocycles. The van der Waals surface area contributed by atoms with E-state index in [1.54, 1.807) is 0 Å². The highest BCUT2D eigenvalue weighted by Gasteiger charge is 2.03. The van der Waals surface area contributed by atoms with Gasteiger partial charge in [-0.1, -0.05) is 56.6 Å². The number of benzene rings is 1. The van der Waals surface area contributed by atoms with Crippen LogP contribution in [0.4, 0.5) is 0 Å². The Balaban J connectivity index is 0.000000238. The summed E-state index contributed by atoms with van der Waals surface area (Å²) in [6.07, 6.45) is 14.2. The van der Waals surface area contributed by atoms with Crippen LogP contribution in [0, 0.1) is 0 Å². The van der Waals surface area contributed by atoms with Crippen LogP contribution in [0.1, 0.15) is 55.8 Å². The molecule has 2 N–H and O–H groups in total. The predicted molar refractivity (Wildman–Crippen MR) is 89.7 cm³/mol. The van der Waals surface area contributed by atoms with Crippen molar-refractivity contribution in [3.63, 3.8) is 0 Å². The van der Waals surface area contributed by atoms with Crippen molar-refractivity contribution >= 4 is 12.3 Å². The Hall–Kier alpha value is -2.14. The molecule has 0 bridgehead atoms. The standard InChI is InChI=1S/C11H20N2.C7H6O3/c1-2-3-4-5-6-7-9-13-10-8-12-11-13;8-6-4-2-1-3-5(6)7(9)10/h8,10-11H,2-7,9H2,1H3;1-4,8H,(H,9,10). The second kappa shape index (κ2) is 11.4. The van der Waals surface area contributed by atoms with Gasteiger partial charge in [-0.25, -0.2) is 9.79 Å². The molecule has 0 radical (unpaired) electrons. The number of aromatic carboxylic acids is 1. The number of aliphatic imine (C=N–C) groups is 1. The van der Waals surface area contributed by atoms with Crippen LogP contribution in [0.25, 0.3) is 0 Å². The lowest BCUT2D eigenvalue weighted by Gasteiger charge is -2.07. The van der Waals surface area contributed by atoms with Crippen LogP contribution >= 0.6 is 0 Å². The SMILES string of the molecule is CCCCCCCC[NH+]1C=CN=C1.O=C(O)c1ccccc1[O-]. The number of hydrogen-bond donors (Lipinski definition) is 2. The normalized spacial score (nSPS) is 15.3. The van der Waals surface area contributed by atoms with Gasteiger partial charge in [-0.3, -0.25) is 4.90 Å². The zero-order chi connectivity index (χ0) is 16.9. The third-order valence-corrected chi connectivity index (χ3v) is 3.55. The van der Waals surface area contributed by atoms with E-state index in [2.05, 4.69) is 18.1 Å². The highest BCUT2D eigenvalue weighted by molar-refractivity contribution is 5.90. The summed E-state index contributed by atoms with van der Waals surface area (Å²) in [4.78, 5) is 15.7. The number of para-hydroxylation sites is 1. The third kappa shape index (κ3) is 8.16. The van der Waals surface area contributed by atoms with Crippen molar-refractivity contribution in [2.45, 2.75) is 45.4 Å². The Bertz CT molecular complexity index is 515. The maximum absolute atomic E-state index is 10.7. The summed E-state index contributed by atoms with van der Waals surface area (Å²) in [6.45, 7) is 3.47. The Labute approximate surface area is 138 Å². The van der Waals surface area contributed by atoms with Crippen molar-refractivity contribution in [3.05, 3.63) is 42.2 Å². The van der Waals surface area contributed by atoms with E-state index in [4.69, 9.17) is 5.11 Å². The van der Waals surface area contributed by atoms with E-state index in [-0.39, 0.29) is 5.56 Å². The van der Waals surface area contributed by atoms with Gasteiger partial charge in [-0.2, -0.15) is 0 Å².